The highest BCUT2D eigenvalue weighted by Gasteiger charge is 2.43. The lowest BCUT2D eigenvalue weighted by atomic mass is 9.95. The van der Waals surface area contributed by atoms with Crippen molar-refractivity contribution in [3.05, 3.63) is 53.6 Å². The summed E-state index contributed by atoms with van der Waals surface area (Å²) in [5.41, 5.74) is 2.03. The second-order valence-electron chi connectivity index (χ2n) is 8.30. The first kappa shape index (κ1) is 21.4. The van der Waals surface area contributed by atoms with Crippen LogP contribution in [-0.2, 0) is 14.8 Å². The third kappa shape index (κ3) is 4.04. The lowest BCUT2D eigenvalue weighted by Crippen LogP contribution is -2.54. The SMILES string of the molecule is Cc1ccc(C)c(N2C(=O)N(CC(=O)NC3CCCCC3)c3ccccc3S2(=O)=O)c1. The van der Waals surface area contributed by atoms with Gasteiger partial charge in [-0.1, -0.05) is 43.5 Å². The number of para-hydroxylation sites is 1. The van der Waals surface area contributed by atoms with Crippen molar-refractivity contribution >= 4 is 33.3 Å². The van der Waals surface area contributed by atoms with E-state index in [0.29, 0.717) is 11.3 Å². The minimum Gasteiger partial charge on any atom is -0.352 e. The third-order valence-electron chi connectivity index (χ3n) is 5.93. The molecule has 0 unspecified atom stereocenters. The molecule has 31 heavy (non-hydrogen) atoms. The Bertz CT molecular complexity index is 1120. The van der Waals surface area contributed by atoms with E-state index in [1.165, 1.54) is 17.4 Å². The van der Waals surface area contributed by atoms with Crippen LogP contribution in [0.1, 0.15) is 43.2 Å². The van der Waals surface area contributed by atoms with E-state index >= 15 is 0 Å². The van der Waals surface area contributed by atoms with Crippen LogP contribution in [0, 0.1) is 13.8 Å². The predicted octanol–water partition coefficient (Wildman–Crippen LogP) is 3.89. The highest BCUT2D eigenvalue weighted by atomic mass is 32.2. The topological polar surface area (TPSA) is 86.8 Å². The fourth-order valence-electron chi connectivity index (χ4n) is 4.30. The molecule has 1 fully saturated rings. The Labute approximate surface area is 183 Å². The number of hydrogen-bond donors (Lipinski definition) is 1. The number of nitrogens with one attached hydrogen (secondary N) is 1. The molecule has 7 nitrogen and oxygen atoms in total. The van der Waals surface area contributed by atoms with Crippen molar-refractivity contribution in [3.63, 3.8) is 0 Å². The van der Waals surface area contributed by atoms with Crippen molar-refractivity contribution in [1.82, 2.24) is 5.32 Å². The Hall–Kier alpha value is -2.87. The van der Waals surface area contributed by atoms with Gasteiger partial charge in [-0.05, 0) is 56.0 Å². The van der Waals surface area contributed by atoms with Gasteiger partial charge in [0.1, 0.15) is 11.4 Å². The van der Waals surface area contributed by atoms with Crippen LogP contribution >= 0.6 is 0 Å². The summed E-state index contributed by atoms with van der Waals surface area (Å²) < 4.78 is 27.6. The van der Waals surface area contributed by atoms with Crippen molar-refractivity contribution in [1.29, 1.82) is 0 Å². The van der Waals surface area contributed by atoms with Crippen molar-refractivity contribution in [2.45, 2.75) is 56.9 Å². The summed E-state index contributed by atoms with van der Waals surface area (Å²) in [5.74, 6) is -0.282. The first-order valence-electron chi connectivity index (χ1n) is 10.6. The first-order valence-corrected chi connectivity index (χ1v) is 12.1. The molecule has 1 aliphatic carbocycles. The quantitative estimate of drug-likeness (QED) is 0.780. The van der Waals surface area contributed by atoms with E-state index in [9.17, 15) is 18.0 Å². The first-order chi connectivity index (χ1) is 14.8. The molecule has 3 amide bonds. The van der Waals surface area contributed by atoms with Crippen LogP contribution in [0.15, 0.2) is 47.4 Å². The average Bonchev–Trinajstić information content (AvgIpc) is 2.74. The van der Waals surface area contributed by atoms with E-state index in [-0.39, 0.29) is 29.1 Å². The molecular formula is C23H27N3O4S. The zero-order valence-corrected chi connectivity index (χ0v) is 18.6. The van der Waals surface area contributed by atoms with E-state index in [4.69, 9.17) is 0 Å². The second-order valence-corrected chi connectivity index (χ2v) is 10.1. The van der Waals surface area contributed by atoms with E-state index in [0.717, 1.165) is 35.6 Å². The second kappa shape index (κ2) is 8.34. The van der Waals surface area contributed by atoms with Gasteiger partial charge in [0.05, 0.1) is 11.4 Å². The Morgan fingerprint density at radius 2 is 1.74 bits per heavy atom. The van der Waals surface area contributed by atoms with Crippen molar-refractivity contribution in [2.24, 2.45) is 0 Å². The Balaban J connectivity index is 1.72. The van der Waals surface area contributed by atoms with Gasteiger partial charge in [-0.3, -0.25) is 9.69 Å². The summed E-state index contributed by atoms with van der Waals surface area (Å²) in [6.45, 7) is 3.37. The molecule has 0 radical (unpaired) electrons. The number of sulfonamides is 1. The van der Waals surface area contributed by atoms with Gasteiger partial charge in [-0.25, -0.2) is 13.2 Å². The lowest BCUT2D eigenvalue weighted by molar-refractivity contribution is -0.120. The lowest BCUT2D eigenvalue weighted by Gasteiger charge is -2.36. The molecule has 0 spiro atoms. The molecule has 1 aliphatic heterocycles. The number of amides is 3. The maximum absolute atomic E-state index is 13.5. The van der Waals surface area contributed by atoms with Crippen LogP contribution < -0.4 is 14.5 Å². The van der Waals surface area contributed by atoms with E-state index in [1.807, 2.05) is 13.0 Å². The number of rotatable bonds is 4. The summed E-state index contributed by atoms with van der Waals surface area (Å²) in [6.07, 6.45) is 5.19. The minimum atomic E-state index is -4.11. The van der Waals surface area contributed by atoms with Gasteiger partial charge >= 0.3 is 6.03 Å². The number of benzene rings is 2. The van der Waals surface area contributed by atoms with Gasteiger partial charge in [0.15, 0.2) is 0 Å². The zero-order valence-electron chi connectivity index (χ0n) is 17.8. The molecule has 0 bridgehead atoms. The van der Waals surface area contributed by atoms with E-state index in [1.54, 1.807) is 37.3 Å². The Morgan fingerprint density at radius 1 is 1.03 bits per heavy atom. The van der Waals surface area contributed by atoms with Crippen LogP contribution in [0.4, 0.5) is 16.2 Å². The Kier molecular flexibility index (Phi) is 5.75. The smallest absolute Gasteiger partial charge is 0.343 e. The van der Waals surface area contributed by atoms with Gasteiger partial charge in [0.25, 0.3) is 10.0 Å². The molecule has 0 saturated heterocycles. The number of carbonyl (C=O) groups excluding carboxylic acids is 2. The van der Waals surface area contributed by atoms with Crippen LogP contribution in [0.25, 0.3) is 0 Å². The minimum absolute atomic E-state index is 0.0148. The fourth-order valence-corrected chi connectivity index (χ4v) is 5.95. The molecule has 0 aromatic heterocycles. The number of nitrogens with zero attached hydrogens (tertiary/aromatic N) is 2. The highest BCUT2D eigenvalue weighted by Crippen LogP contribution is 2.38. The van der Waals surface area contributed by atoms with Gasteiger partial charge in [-0.2, -0.15) is 4.31 Å². The van der Waals surface area contributed by atoms with Crippen LogP contribution in [-0.4, -0.2) is 32.9 Å². The van der Waals surface area contributed by atoms with Crippen molar-refractivity contribution < 1.29 is 18.0 Å². The monoisotopic (exact) mass is 441 g/mol. The third-order valence-corrected chi connectivity index (χ3v) is 7.67. The van der Waals surface area contributed by atoms with Gasteiger partial charge < -0.3 is 5.32 Å². The number of fused-ring (bicyclic) bond motifs is 1. The summed E-state index contributed by atoms with van der Waals surface area (Å²) >= 11 is 0. The molecule has 2 aromatic rings. The number of aryl methyl sites for hydroxylation is 2. The maximum Gasteiger partial charge on any atom is 0.343 e. The molecule has 2 aliphatic rings. The molecule has 4 rings (SSSR count). The molecule has 1 saturated carbocycles. The summed E-state index contributed by atoms with van der Waals surface area (Å²) in [4.78, 5) is 27.6. The molecule has 2 aromatic carbocycles. The fraction of sp³-hybridized carbons (Fsp3) is 0.391. The van der Waals surface area contributed by atoms with Crippen molar-refractivity contribution in [2.75, 3.05) is 15.7 Å². The molecule has 0 atom stereocenters. The number of urea groups is 1. The Morgan fingerprint density at radius 3 is 2.48 bits per heavy atom. The summed E-state index contributed by atoms with van der Waals surface area (Å²) in [6, 6.07) is 11.0. The van der Waals surface area contributed by atoms with E-state index in [2.05, 4.69) is 5.32 Å². The normalized spacial score (nSPS) is 18.6. The van der Waals surface area contributed by atoms with Crippen LogP contribution in [0.5, 0.6) is 0 Å². The number of anilines is 2. The molecular weight excluding hydrogens is 414 g/mol. The predicted molar refractivity (Wildman–Crippen MR) is 120 cm³/mol. The van der Waals surface area contributed by atoms with Crippen molar-refractivity contribution in [3.8, 4) is 0 Å². The van der Waals surface area contributed by atoms with Gasteiger partial charge in [0, 0.05) is 6.04 Å². The van der Waals surface area contributed by atoms with E-state index < -0.39 is 16.1 Å². The van der Waals surface area contributed by atoms with Gasteiger partial charge in [0.2, 0.25) is 5.91 Å². The molecule has 1 N–H and O–H groups in total. The molecule has 1 heterocycles. The van der Waals surface area contributed by atoms with Crippen LogP contribution in [0.2, 0.25) is 0 Å². The number of carbonyl (C=O) groups is 2. The molecule has 8 heteroatoms. The standard InChI is InChI=1S/C23H27N3O4S/c1-16-12-13-17(2)20(14-16)26-23(28)25(15-22(27)24-18-8-4-3-5-9-18)19-10-6-7-11-21(19)31(26,29)30/h6-7,10-14,18H,3-5,8-9,15H2,1-2H3,(H,24,27). The number of hydrogen-bond acceptors (Lipinski definition) is 4. The summed E-state index contributed by atoms with van der Waals surface area (Å²) in [7, 11) is -4.11. The highest BCUT2D eigenvalue weighted by molar-refractivity contribution is 7.94. The van der Waals surface area contributed by atoms with Crippen LogP contribution in [0.3, 0.4) is 0 Å². The maximum atomic E-state index is 13.5. The van der Waals surface area contributed by atoms with Gasteiger partial charge in [-0.15, -0.1) is 0 Å². The largest absolute Gasteiger partial charge is 0.352 e. The summed E-state index contributed by atoms with van der Waals surface area (Å²) in [5, 5.41) is 3.01. The zero-order chi connectivity index (χ0) is 22.2. The average molecular weight is 442 g/mol. The molecule has 164 valence electrons.